The van der Waals surface area contributed by atoms with Gasteiger partial charge < -0.3 is 14.2 Å². The molecule has 1 aliphatic rings. The molecule has 0 bridgehead atoms. The Morgan fingerprint density at radius 1 is 1.33 bits per heavy atom. The summed E-state index contributed by atoms with van der Waals surface area (Å²) in [5.41, 5.74) is 2.22. The van der Waals surface area contributed by atoms with Crippen molar-refractivity contribution in [2.75, 3.05) is 37.8 Å². The Balaban J connectivity index is 1.66. The Bertz CT molecular complexity index is 911. The van der Waals surface area contributed by atoms with E-state index >= 15 is 0 Å². The number of thioether (sulfide) groups is 1. The molecule has 1 fully saturated rings. The molecule has 27 heavy (non-hydrogen) atoms. The molecular formula is C19H23N3O3S2. The largest absolute Gasteiger partial charge is 0.378 e. The fraction of sp³-hybridized carbons (Fsp3) is 0.421. The highest BCUT2D eigenvalue weighted by molar-refractivity contribution is 8.00. The summed E-state index contributed by atoms with van der Waals surface area (Å²) >= 11 is 2.81. The van der Waals surface area contributed by atoms with Crippen molar-refractivity contribution in [1.82, 2.24) is 9.47 Å². The molecule has 0 saturated carbocycles. The average molecular weight is 406 g/mol. The quantitative estimate of drug-likeness (QED) is 0.692. The molecule has 0 aliphatic carbocycles. The van der Waals surface area contributed by atoms with Gasteiger partial charge in [0, 0.05) is 19.6 Å². The molecule has 1 saturated heterocycles. The first-order valence-corrected chi connectivity index (χ1v) is 10.8. The predicted octanol–water partition coefficient (Wildman–Crippen LogP) is 2.22. The van der Waals surface area contributed by atoms with Crippen LogP contribution in [0.25, 0.3) is 10.2 Å². The summed E-state index contributed by atoms with van der Waals surface area (Å²) in [6.07, 6.45) is 1.80. The van der Waals surface area contributed by atoms with Crippen molar-refractivity contribution < 1.29 is 14.3 Å². The summed E-state index contributed by atoms with van der Waals surface area (Å²) in [7, 11) is 0. The van der Waals surface area contributed by atoms with Gasteiger partial charge in [-0.1, -0.05) is 23.5 Å². The maximum absolute atomic E-state index is 12.3. The van der Waals surface area contributed by atoms with Crippen LogP contribution in [0, 0.1) is 6.92 Å². The number of thiazole rings is 1. The summed E-state index contributed by atoms with van der Waals surface area (Å²) in [6, 6.07) is 6.19. The number of carbonyl (C=O) groups is 2. The standard InChI is InChI=1S/C19H23N3O3S2/c1-3-6-22-15-5-4-14(2)11-16(15)27-19(22)20-17(23)12-26-13-18(24)21-7-9-25-10-8-21/h3-5,11H,1,6-10,12-13H2,2H3. The molecule has 8 heteroatoms. The maximum atomic E-state index is 12.3. The molecule has 1 aromatic carbocycles. The SMILES string of the molecule is C=CCn1c(=NC(=O)CSCC(=O)N2CCOCC2)sc2cc(C)ccc21. The van der Waals surface area contributed by atoms with Gasteiger partial charge in [0.2, 0.25) is 5.91 Å². The van der Waals surface area contributed by atoms with E-state index in [4.69, 9.17) is 4.74 Å². The second-order valence-electron chi connectivity index (χ2n) is 6.25. The van der Waals surface area contributed by atoms with Gasteiger partial charge in [-0.3, -0.25) is 9.59 Å². The van der Waals surface area contributed by atoms with E-state index in [0.29, 0.717) is 43.4 Å². The molecule has 2 amide bonds. The van der Waals surface area contributed by atoms with Gasteiger partial charge in [0.25, 0.3) is 5.91 Å². The normalized spacial score (nSPS) is 15.3. The van der Waals surface area contributed by atoms with Crippen LogP contribution in [0.5, 0.6) is 0 Å². The number of nitrogens with zero attached hydrogens (tertiary/aromatic N) is 3. The number of aryl methyl sites for hydroxylation is 1. The summed E-state index contributed by atoms with van der Waals surface area (Å²) in [4.78, 5) is 31.2. The van der Waals surface area contributed by atoms with Crippen molar-refractivity contribution in [3.05, 3.63) is 41.2 Å². The Hall–Kier alpha value is -1.90. The molecule has 2 aromatic rings. The number of carbonyl (C=O) groups excluding carboxylic acids is 2. The lowest BCUT2D eigenvalue weighted by Gasteiger charge is -2.26. The van der Waals surface area contributed by atoms with Gasteiger partial charge >= 0.3 is 0 Å². The van der Waals surface area contributed by atoms with E-state index in [1.165, 1.54) is 28.7 Å². The van der Waals surface area contributed by atoms with E-state index in [1.54, 1.807) is 11.0 Å². The van der Waals surface area contributed by atoms with Gasteiger partial charge in [0.05, 0.1) is 34.9 Å². The van der Waals surface area contributed by atoms with Crippen LogP contribution in [-0.4, -0.2) is 59.1 Å². The van der Waals surface area contributed by atoms with Gasteiger partial charge in [0.1, 0.15) is 0 Å². The number of morpholine rings is 1. The second-order valence-corrected chi connectivity index (χ2v) is 8.24. The van der Waals surface area contributed by atoms with Crippen molar-refractivity contribution in [2.45, 2.75) is 13.5 Å². The van der Waals surface area contributed by atoms with Gasteiger partial charge in [-0.05, 0) is 24.6 Å². The summed E-state index contributed by atoms with van der Waals surface area (Å²) < 4.78 is 8.33. The van der Waals surface area contributed by atoms with Crippen LogP contribution in [-0.2, 0) is 20.9 Å². The van der Waals surface area contributed by atoms with Crippen LogP contribution >= 0.6 is 23.1 Å². The summed E-state index contributed by atoms with van der Waals surface area (Å²) in [5, 5.41) is 0. The Morgan fingerprint density at radius 2 is 2.11 bits per heavy atom. The lowest BCUT2D eigenvalue weighted by Crippen LogP contribution is -2.41. The summed E-state index contributed by atoms with van der Waals surface area (Å²) in [6.45, 7) is 8.85. The van der Waals surface area contributed by atoms with Crippen molar-refractivity contribution in [2.24, 2.45) is 4.99 Å². The zero-order valence-corrected chi connectivity index (χ0v) is 17.0. The molecule has 0 atom stereocenters. The third kappa shape index (κ3) is 5.09. The number of amides is 2. The molecule has 1 aromatic heterocycles. The molecule has 0 spiro atoms. The maximum Gasteiger partial charge on any atom is 0.258 e. The van der Waals surface area contributed by atoms with Crippen molar-refractivity contribution in [3.8, 4) is 0 Å². The molecule has 0 unspecified atom stereocenters. The molecule has 0 N–H and O–H groups in total. The predicted molar refractivity (Wildman–Crippen MR) is 110 cm³/mol. The van der Waals surface area contributed by atoms with E-state index in [2.05, 4.69) is 17.6 Å². The van der Waals surface area contributed by atoms with Crippen LogP contribution in [0.2, 0.25) is 0 Å². The Morgan fingerprint density at radius 3 is 2.85 bits per heavy atom. The van der Waals surface area contributed by atoms with Crippen LogP contribution in [0.4, 0.5) is 0 Å². The van der Waals surface area contributed by atoms with E-state index in [1.807, 2.05) is 23.6 Å². The van der Waals surface area contributed by atoms with E-state index in [-0.39, 0.29) is 17.6 Å². The van der Waals surface area contributed by atoms with Gasteiger partial charge in [0.15, 0.2) is 4.80 Å². The van der Waals surface area contributed by atoms with Gasteiger partial charge in [-0.15, -0.1) is 18.3 Å². The first-order chi connectivity index (χ1) is 13.1. The topological polar surface area (TPSA) is 63.9 Å². The molecular weight excluding hydrogens is 382 g/mol. The first-order valence-electron chi connectivity index (χ1n) is 8.80. The van der Waals surface area contributed by atoms with Crippen LogP contribution in [0.1, 0.15) is 5.56 Å². The zero-order chi connectivity index (χ0) is 19.2. The molecule has 0 radical (unpaired) electrons. The minimum atomic E-state index is -0.226. The van der Waals surface area contributed by atoms with E-state index < -0.39 is 0 Å². The third-order valence-corrected chi connectivity index (χ3v) is 6.13. The molecule has 1 aliphatic heterocycles. The van der Waals surface area contributed by atoms with Gasteiger partial charge in [-0.25, -0.2) is 0 Å². The van der Waals surface area contributed by atoms with E-state index in [9.17, 15) is 9.59 Å². The highest BCUT2D eigenvalue weighted by atomic mass is 32.2. The van der Waals surface area contributed by atoms with Crippen molar-refractivity contribution >= 4 is 45.1 Å². The number of allylic oxidation sites excluding steroid dienone is 1. The number of ether oxygens (including phenoxy) is 1. The summed E-state index contributed by atoms with van der Waals surface area (Å²) in [5.74, 6) is 0.308. The Labute approximate surface area is 166 Å². The smallest absolute Gasteiger partial charge is 0.258 e. The minimum Gasteiger partial charge on any atom is -0.378 e. The molecule has 144 valence electrons. The fourth-order valence-corrected chi connectivity index (χ4v) is 4.69. The number of hydrogen-bond donors (Lipinski definition) is 0. The third-order valence-electron chi connectivity index (χ3n) is 4.19. The molecule has 6 nitrogen and oxygen atoms in total. The number of fused-ring (bicyclic) bond motifs is 1. The number of benzene rings is 1. The zero-order valence-electron chi connectivity index (χ0n) is 15.3. The minimum absolute atomic E-state index is 0.0511. The lowest BCUT2D eigenvalue weighted by atomic mass is 10.2. The van der Waals surface area contributed by atoms with Gasteiger partial charge in [-0.2, -0.15) is 4.99 Å². The number of aromatic nitrogens is 1. The number of hydrogen-bond acceptors (Lipinski definition) is 5. The monoisotopic (exact) mass is 405 g/mol. The van der Waals surface area contributed by atoms with Crippen molar-refractivity contribution in [3.63, 3.8) is 0 Å². The lowest BCUT2D eigenvalue weighted by molar-refractivity contribution is -0.132. The van der Waals surface area contributed by atoms with Crippen LogP contribution in [0.3, 0.4) is 0 Å². The van der Waals surface area contributed by atoms with E-state index in [0.717, 1.165) is 10.2 Å². The van der Waals surface area contributed by atoms with Crippen molar-refractivity contribution in [1.29, 1.82) is 0 Å². The first kappa shape index (κ1) is 19.9. The highest BCUT2D eigenvalue weighted by Gasteiger charge is 2.17. The Kier molecular flexibility index (Phi) is 6.87. The second kappa shape index (κ2) is 9.34. The fourth-order valence-electron chi connectivity index (χ4n) is 2.84. The molecule has 2 heterocycles. The number of rotatable bonds is 6. The van der Waals surface area contributed by atoms with Crippen LogP contribution < -0.4 is 4.80 Å². The van der Waals surface area contributed by atoms with Crippen LogP contribution in [0.15, 0.2) is 35.8 Å². The molecule has 3 rings (SSSR count). The average Bonchev–Trinajstić information content (AvgIpc) is 2.98. The highest BCUT2D eigenvalue weighted by Crippen LogP contribution is 2.19.